The van der Waals surface area contributed by atoms with Crippen LogP contribution in [0.5, 0.6) is 5.75 Å². The average Bonchev–Trinajstić information content (AvgIpc) is 3.16. The number of carbonyl (C=O) groups is 1. The summed E-state index contributed by atoms with van der Waals surface area (Å²) in [5.74, 6) is 1.57. The minimum absolute atomic E-state index is 0.0803. The van der Waals surface area contributed by atoms with E-state index in [0.717, 1.165) is 41.3 Å². The van der Waals surface area contributed by atoms with Crippen molar-refractivity contribution in [2.75, 3.05) is 6.54 Å². The van der Waals surface area contributed by atoms with Crippen molar-refractivity contribution in [2.45, 2.75) is 57.5 Å². The van der Waals surface area contributed by atoms with Gasteiger partial charge in [-0.05, 0) is 24.5 Å². The minimum Gasteiger partial charge on any atom is -0.486 e. The fraction of sp³-hybridized carbons (Fsp3) is 0.500. The topological polar surface area (TPSA) is 64.1 Å². The molecular formula is C22H26ClN3O2. The third kappa shape index (κ3) is 4.64. The van der Waals surface area contributed by atoms with Gasteiger partial charge in [0.1, 0.15) is 11.9 Å². The summed E-state index contributed by atoms with van der Waals surface area (Å²) in [4.78, 5) is 20.7. The van der Waals surface area contributed by atoms with Gasteiger partial charge in [-0.15, -0.1) is 0 Å². The van der Waals surface area contributed by atoms with Crippen LogP contribution in [-0.2, 0) is 11.2 Å². The number of halogens is 1. The molecule has 6 heteroatoms. The number of hydrogen-bond donors (Lipinski definition) is 1. The summed E-state index contributed by atoms with van der Waals surface area (Å²) in [6, 6.07) is 3.91. The van der Waals surface area contributed by atoms with Crippen molar-refractivity contribution in [2.24, 2.45) is 5.92 Å². The molecule has 148 valence electrons. The first kappa shape index (κ1) is 19.2. The quantitative estimate of drug-likeness (QED) is 0.772. The van der Waals surface area contributed by atoms with Crippen LogP contribution in [0.1, 0.15) is 50.5 Å². The standard InChI is InChI=1S/C22H26ClN3O2/c23-19-12-16(20-14-24-8-9-25-20)10-17-11-18(28-22(17)19)13-26-21(27)7-6-15-4-2-1-3-5-15/h8-10,12,14-15,18H,1-7,11,13H2,(H,26,27)/t18-/m1/s1. The van der Waals surface area contributed by atoms with Gasteiger partial charge in [-0.1, -0.05) is 43.7 Å². The van der Waals surface area contributed by atoms with E-state index in [1.807, 2.05) is 6.07 Å². The Hall–Kier alpha value is -2.14. The molecule has 1 atom stereocenters. The lowest BCUT2D eigenvalue weighted by atomic mass is 9.86. The summed E-state index contributed by atoms with van der Waals surface area (Å²) in [7, 11) is 0. The van der Waals surface area contributed by atoms with Crippen LogP contribution < -0.4 is 10.1 Å². The largest absolute Gasteiger partial charge is 0.486 e. The van der Waals surface area contributed by atoms with Gasteiger partial charge in [-0.2, -0.15) is 0 Å². The highest BCUT2D eigenvalue weighted by Crippen LogP contribution is 2.39. The molecule has 2 aromatic rings. The molecule has 2 aliphatic rings. The van der Waals surface area contributed by atoms with E-state index in [9.17, 15) is 4.79 Å². The number of aromatic nitrogens is 2. The second-order valence-electron chi connectivity index (χ2n) is 7.83. The molecule has 1 N–H and O–H groups in total. The number of amides is 1. The van der Waals surface area contributed by atoms with Crippen molar-refractivity contribution in [3.05, 3.63) is 41.3 Å². The third-order valence-electron chi connectivity index (χ3n) is 5.74. The van der Waals surface area contributed by atoms with E-state index >= 15 is 0 Å². The van der Waals surface area contributed by atoms with Crippen LogP contribution in [0.25, 0.3) is 11.3 Å². The summed E-state index contributed by atoms with van der Waals surface area (Å²) in [6.07, 6.45) is 13.8. The number of hydrogen-bond acceptors (Lipinski definition) is 4. The number of carbonyl (C=O) groups excluding carboxylic acids is 1. The van der Waals surface area contributed by atoms with E-state index in [2.05, 4.69) is 21.4 Å². The molecule has 0 saturated heterocycles. The Morgan fingerprint density at radius 1 is 1.21 bits per heavy atom. The molecule has 1 amide bonds. The molecule has 1 aromatic heterocycles. The van der Waals surface area contributed by atoms with Crippen molar-refractivity contribution >= 4 is 17.5 Å². The van der Waals surface area contributed by atoms with Gasteiger partial charge in [0.15, 0.2) is 0 Å². The van der Waals surface area contributed by atoms with Gasteiger partial charge in [0.25, 0.3) is 0 Å². The van der Waals surface area contributed by atoms with Gasteiger partial charge in [0, 0.05) is 36.4 Å². The van der Waals surface area contributed by atoms with Gasteiger partial charge < -0.3 is 10.1 Å². The second kappa shape index (κ2) is 8.91. The summed E-state index contributed by atoms with van der Waals surface area (Å²) >= 11 is 6.43. The van der Waals surface area contributed by atoms with E-state index in [-0.39, 0.29) is 12.0 Å². The van der Waals surface area contributed by atoms with Crippen molar-refractivity contribution in [3.8, 4) is 17.0 Å². The van der Waals surface area contributed by atoms with Gasteiger partial charge in [0.2, 0.25) is 5.91 Å². The number of benzene rings is 1. The van der Waals surface area contributed by atoms with Crippen molar-refractivity contribution in [1.82, 2.24) is 15.3 Å². The Labute approximate surface area is 170 Å². The molecule has 5 nitrogen and oxygen atoms in total. The van der Waals surface area contributed by atoms with Crippen LogP contribution in [0.2, 0.25) is 5.02 Å². The average molecular weight is 400 g/mol. The third-order valence-corrected chi connectivity index (χ3v) is 6.02. The van der Waals surface area contributed by atoms with E-state index in [1.54, 1.807) is 18.6 Å². The highest BCUT2D eigenvalue weighted by molar-refractivity contribution is 6.32. The fourth-order valence-corrected chi connectivity index (χ4v) is 4.51. The summed E-state index contributed by atoms with van der Waals surface area (Å²) in [5, 5.41) is 3.61. The zero-order valence-electron chi connectivity index (χ0n) is 16.0. The van der Waals surface area contributed by atoms with Crippen molar-refractivity contribution in [1.29, 1.82) is 0 Å². The Bertz CT molecular complexity index is 822. The fourth-order valence-electron chi connectivity index (χ4n) is 4.22. The lowest BCUT2D eigenvalue weighted by molar-refractivity contribution is -0.121. The number of fused-ring (bicyclic) bond motifs is 1. The Kier molecular flexibility index (Phi) is 6.10. The predicted octanol–water partition coefficient (Wildman–Crippen LogP) is 4.58. The lowest BCUT2D eigenvalue weighted by Crippen LogP contribution is -2.34. The van der Waals surface area contributed by atoms with Crippen LogP contribution in [0.3, 0.4) is 0 Å². The molecule has 0 radical (unpaired) electrons. The number of nitrogens with zero attached hydrogens (tertiary/aromatic N) is 2. The molecule has 1 fully saturated rings. The monoisotopic (exact) mass is 399 g/mol. The molecule has 4 rings (SSSR count). The first-order chi connectivity index (χ1) is 13.7. The summed E-state index contributed by atoms with van der Waals surface area (Å²) < 4.78 is 5.99. The van der Waals surface area contributed by atoms with Crippen LogP contribution in [-0.4, -0.2) is 28.5 Å². The zero-order valence-corrected chi connectivity index (χ0v) is 16.8. The Morgan fingerprint density at radius 2 is 2.07 bits per heavy atom. The highest BCUT2D eigenvalue weighted by atomic mass is 35.5. The van der Waals surface area contributed by atoms with E-state index in [0.29, 0.717) is 18.0 Å². The second-order valence-corrected chi connectivity index (χ2v) is 8.23. The molecule has 1 aromatic carbocycles. The first-order valence-electron chi connectivity index (χ1n) is 10.2. The maximum atomic E-state index is 12.2. The number of nitrogens with one attached hydrogen (secondary N) is 1. The van der Waals surface area contributed by atoms with E-state index in [4.69, 9.17) is 16.3 Å². The lowest BCUT2D eigenvalue weighted by Gasteiger charge is -2.21. The molecule has 1 saturated carbocycles. The van der Waals surface area contributed by atoms with Gasteiger partial charge in [-0.25, -0.2) is 0 Å². The molecule has 0 unspecified atom stereocenters. The van der Waals surface area contributed by atoms with Gasteiger partial charge >= 0.3 is 0 Å². The first-order valence-corrected chi connectivity index (χ1v) is 10.6. The Morgan fingerprint density at radius 3 is 2.86 bits per heavy atom. The molecule has 28 heavy (non-hydrogen) atoms. The summed E-state index contributed by atoms with van der Waals surface area (Å²) in [6.45, 7) is 0.509. The maximum Gasteiger partial charge on any atom is 0.220 e. The van der Waals surface area contributed by atoms with Gasteiger partial charge in [0.05, 0.1) is 23.5 Å². The van der Waals surface area contributed by atoms with Crippen molar-refractivity contribution in [3.63, 3.8) is 0 Å². The number of ether oxygens (including phenoxy) is 1. The SMILES string of the molecule is O=C(CCC1CCCCC1)NC[C@H]1Cc2cc(-c3cnccn3)cc(Cl)c2O1. The normalized spacial score (nSPS) is 19.1. The van der Waals surface area contributed by atoms with Crippen LogP contribution in [0.4, 0.5) is 0 Å². The van der Waals surface area contributed by atoms with Crippen molar-refractivity contribution < 1.29 is 9.53 Å². The highest BCUT2D eigenvalue weighted by Gasteiger charge is 2.26. The number of rotatable bonds is 6. The van der Waals surface area contributed by atoms with Crippen LogP contribution >= 0.6 is 11.6 Å². The molecule has 1 aliphatic heterocycles. The zero-order chi connectivity index (χ0) is 19.3. The minimum atomic E-state index is -0.0803. The molecule has 0 spiro atoms. The molecule has 2 heterocycles. The van der Waals surface area contributed by atoms with Crippen LogP contribution in [0, 0.1) is 5.92 Å². The Balaban J connectivity index is 1.30. The maximum absolute atomic E-state index is 12.2. The molecule has 1 aliphatic carbocycles. The smallest absolute Gasteiger partial charge is 0.220 e. The van der Waals surface area contributed by atoms with E-state index < -0.39 is 0 Å². The summed E-state index contributed by atoms with van der Waals surface area (Å²) in [5.41, 5.74) is 2.76. The predicted molar refractivity (Wildman–Crippen MR) is 109 cm³/mol. The molecule has 0 bridgehead atoms. The van der Waals surface area contributed by atoms with Crippen LogP contribution in [0.15, 0.2) is 30.7 Å². The molecular weight excluding hydrogens is 374 g/mol. The van der Waals surface area contributed by atoms with E-state index in [1.165, 1.54) is 32.1 Å². The van der Waals surface area contributed by atoms with Gasteiger partial charge in [-0.3, -0.25) is 14.8 Å².